The first-order valence-corrected chi connectivity index (χ1v) is 11.9. The Morgan fingerprint density at radius 3 is 2.38 bits per heavy atom. The molecule has 0 bridgehead atoms. The summed E-state index contributed by atoms with van der Waals surface area (Å²) < 4.78 is 53.6. The highest BCUT2D eigenvalue weighted by atomic mass is 19.4. The number of fused-ring (bicyclic) bond motifs is 1. The van der Waals surface area contributed by atoms with Crippen LogP contribution < -0.4 is 20.5 Å². The van der Waals surface area contributed by atoms with Crippen LogP contribution in [0, 0.1) is 0 Å². The maximum absolute atomic E-state index is 13.3. The van der Waals surface area contributed by atoms with Crippen molar-refractivity contribution < 1.29 is 37.0 Å². The average Bonchev–Trinajstić information content (AvgIpc) is 3.33. The molecule has 1 atom stereocenters. The van der Waals surface area contributed by atoms with Crippen LogP contribution in [-0.4, -0.2) is 50.0 Å². The molecule has 4 N–H and O–H groups in total. The highest BCUT2D eigenvalue weighted by molar-refractivity contribution is 5.99. The van der Waals surface area contributed by atoms with Gasteiger partial charge in [0.15, 0.2) is 0 Å². The van der Waals surface area contributed by atoms with E-state index in [9.17, 15) is 22.8 Å². The van der Waals surface area contributed by atoms with Gasteiger partial charge in [0, 0.05) is 29.7 Å². The summed E-state index contributed by atoms with van der Waals surface area (Å²) in [5.41, 5.74) is 8.45. The number of aromatic nitrogens is 1. The van der Waals surface area contributed by atoms with E-state index in [2.05, 4.69) is 15.0 Å². The summed E-state index contributed by atoms with van der Waals surface area (Å²) in [4.78, 5) is 28.4. The summed E-state index contributed by atoms with van der Waals surface area (Å²) in [6, 6.07) is 15.3. The Morgan fingerprint density at radius 1 is 0.974 bits per heavy atom. The Hall–Kier alpha value is -4.51. The van der Waals surface area contributed by atoms with Gasteiger partial charge in [0.05, 0.1) is 19.8 Å². The molecule has 204 valence electrons. The van der Waals surface area contributed by atoms with Crippen molar-refractivity contribution in [3.8, 4) is 22.6 Å². The molecule has 8 nitrogen and oxygen atoms in total. The van der Waals surface area contributed by atoms with Gasteiger partial charge in [-0.15, -0.1) is 13.2 Å². The van der Waals surface area contributed by atoms with Gasteiger partial charge in [0.2, 0.25) is 0 Å². The zero-order chi connectivity index (χ0) is 28.2. The number of hydrogen-bond donors (Lipinski definition) is 3. The second kappa shape index (κ2) is 11.5. The number of amides is 1. The molecule has 1 amide bonds. The molecule has 11 heteroatoms. The topological polar surface area (TPSA) is 116 Å². The highest BCUT2D eigenvalue weighted by Gasteiger charge is 2.33. The van der Waals surface area contributed by atoms with Crippen molar-refractivity contribution in [1.82, 2.24) is 10.3 Å². The SMILES string of the molecule is COC(=O)c1ccc(-c2ccc(OC(F)(F)F)c(C(=O)NC(CN)Cc3c[nH]c4ccccc34)c2)cc1OC. The summed E-state index contributed by atoms with van der Waals surface area (Å²) >= 11 is 0. The van der Waals surface area contributed by atoms with Gasteiger partial charge in [0.25, 0.3) is 5.91 Å². The number of carbonyl (C=O) groups excluding carboxylic acids is 2. The van der Waals surface area contributed by atoms with E-state index in [1.807, 2.05) is 30.5 Å². The molecule has 1 aromatic heterocycles. The molecule has 0 radical (unpaired) electrons. The molecule has 0 saturated carbocycles. The molecule has 3 aromatic carbocycles. The number of carbonyl (C=O) groups is 2. The van der Waals surface area contributed by atoms with Crippen molar-refractivity contribution in [3.05, 3.63) is 83.6 Å². The predicted molar refractivity (Wildman–Crippen MR) is 139 cm³/mol. The molecule has 0 saturated heterocycles. The monoisotopic (exact) mass is 541 g/mol. The maximum atomic E-state index is 13.3. The first kappa shape index (κ1) is 27.5. The molecule has 1 heterocycles. The number of rotatable bonds is 9. The normalized spacial score (nSPS) is 12.2. The van der Waals surface area contributed by atoms with Gasteiger partial charge >= 0.3 is 12.3 Å². The van der Waals surface area contributed by atoms with Gasteiger partial charge in [-0.3, -0.25) is 4.79 Å². The van der Waals surface area contributed by atoms with E-state index in [0.29, 0.717) is 17.5 Å². The van der Waals surface area contributed by atoms with E-state index in [-0.39, 0.29) is 23.4 Å². The van der Waals surface area contributed by atoms with Gasteiger partial charge in [-0.05, 0) is 53.4 Å². The zero-order valence-electron chi connectivity index (χ0n) is 21.1. The summed E-state index contributed by atoms with van der Waals surface area (Å²) in [6.45, 7) is 0.0482. The molecule has 4 aromatic rings. The number of benzene rings is 3. The van der Waals surface area contributed by atoms with E-state index in [1.165, 1.54) is 38.5 Å². The van der Waals surface area contributed by atoms with E-state index in [4.69, 9.17) is 15.2 Å². The van der Waals surface area contributed by atoms with E-state index in [1.54, 1.807) is 6.07 Å². The van der Waals surface area contributed by atoms with Crippen LogP contribution in [-0.2, 0) is 11.2 Å². The fourth-order valence-corrected chi connectivity index (χ4v) is 4.27. The number of alkyl halides is 3. The number of esters is 1. The Kier molecular flexibility index (Phi) is 8.10. The number of nitrogens with two attached hydrogens (primary N) is 1. The first-order chi connectivity index (χ1) is 18.6. The van der Waals surface area contributed by atoms with Gasteiger partial charge < -0.3 is 30.2 Å². The van der Waals surface area contributed by atoms with Crippen molar-refractivity contribution in [2.45, 2.75) is 18.8 Å². The lowest BCUT2D eigenvalue weighted by Crippen LogP contribution is -2.42. The number of ether oxygens (including phenoxy) is 3. The van der Waals surface area contributed by atoms with Crippen LogP contribution in [0.5, 0.6) is 11.5 Å². The van der Waals surface area contributed by atoms with E-state index in [0.717, 1.165) is 22.5 Å². The van der Waals surface area contributed by atoms with Crippen molar-refractivity contribution in [1.29, 1.82) is 0 Å². The van der Waals surface area contributed by atoms with Crippen LogP contribution in [0.15, 0.2) is 66.9 Å². The van der Waals surface area contributed by atoms with Gasteiger partial charge in [0.1, 0.15) is 17.1 Å². The molecular formula is C28H26F3N3O5. The standard InChI is InChI=1S/C28H26F3N3O5/c1-37-25-13-17(7-9-21(25)27(36)38-2)16-8-10-24(39-28(29,30)31)22(12-16)26(35)34-19(14-32)11-18-15-33-23-6-4-3-5-20(18)23/h3-10,12-13,15,19,33H,11,14,32H2,1-2H3,(H,34,35). The minimum absolute atomic E-state index is 0.0482. The third-order valence-electron chi connectivity index (χ3n) is 6.15. The lowest BCUT2D eigenvalue weighted by Gasteiger charge is -2.19. The number of para-hydroxylation sites is 1. The highest BCUT2D eigenvalue weighted by Crippen LogP contribution is 2.33. The van der Waals surface area contributed by atoms with Gasteiger partial charge in [-0.1, -0.05) is 30.3 Å². The van der Waals surface area contributed by atoms with Crippen LogP contribution in [0.2, 0.25) is 0 Å². The molecular weight excluding hydrogens is 515 g/mol. The molecule has 0 aliphatic carbocycles. The van der Waals surface area contributed by atoms with Gasteiger partial charge in [-0.2, -0.15) is 0 Å². The third kappa shape index (κ3) is 6.32. The second-order valence-electron chi connectivity index (χ2n) is 8.64. The number of halogens is 3. The first-order valence-electron chi connectivity index (χ1n) is 11.9. The van der Waals surface area contributed by atoms with Crippen LogP contribution in [0.1, 0.15) is 26.3 Å². The Balaban J connectivity index is 1.66. The summed E-state index contributed by atoms with van der Waals surface area (Å²) in [5.74, 6) is -1.87. The van der Waals surface area contributed by atoms with Crippen LogP contribution in [0.25, 0.3) is 22.0 Å². The second-order valence-corrected chi connectivity index (χ2v) is 8.64. The molecule has 0 aliphatic rings. The molecule has 0 spiro atoms. The van der Waals surface area contributed by atoms with Crippen LogP contribution in [0.3, 0.4) is 0 Å². The number of H-pyrrole nitrogens is 1. The molecule has 0 fully saturated rings. The van der Waals surface area contributed by atoms with Crippen molar-refractivity contribution in [2.24, 2.45) is 5.73 Å². The van der Waals surface area contributed by atoms with Crippen LogP contribution >= 0.6 is 0 Å². The number of methoxy groups -OCH3 is 2. The van der Waals surface area contributed by atoms with Crippen molar-refractivity contribution in [2.75, 3.05) is 20.8 Å². The lowest BCUT2D eigenvalue weighted by molar-refractivity contribution is -0.274. The zero-order valence-corrected chi connectivity index (χ0v) is 21.1. The summed E-state index contributed by atoms with van der Waals surface area (Å²) in [6.07, 6.45) is -2.85. The Labute approximate surface area is 221 Å². The van der Waals surface area contributed by atoms with E-state index < -0.39 is 30.0 Å². The Morgan fingerprint density at radius 2 is 1.69 bits per heavy atom. The fourth-order valence-electron chi connectivity index (χ4n) is 4.27. The summed E-state index contributed by atoms with van der Waals surface area (Å²) in [7, 11) is 2.60. The van der Waals surface area contributed by atoms with Gasteiger partial charge in [-0.25, -0.2) is 4.79 Å². The van der Waals surface area contributed by atoms with Crippen LogP contribution in [0.4, 0.5) is 13.2 Å². The largest absolute Gasteiger partial charge is 0.573 e. The smallest absolute Gasteiger partial charge is 0.496 e. The van der Waals surface area contributed by atoms with E-state index >= 15 is 0 Å². The number of nitrogens with one attached hydrogen (secondary N) is 2. The fraction of sp³-hybridized carbons (Fsp3) is 0.214. The average molecular weight is 542 g/mol. The molecule has 1 unspecified atom stereocenters. The number of hydrogen-bond acceptors (Lipinski definition) is 6. The molecule has 4 rings (SSSR count). The van der Waals surface area contributed by atoms with Crippen molar-refractivity contribution >= 4 is 22.8 Å². The quantitative estimate of drug-likeness (QED) is 0.262. The number of aromatic amines is 1. The minimum Gasteiger partial charge on any atom is -0.496 e. The minimum atomic E-state index is -5.01. The summed E-state index contributed by atoms with van der Waals surface area (Å²) in [5, 5.41) is 3.69. The van der Waals surface area contributed by atoms with Crippen molar-refractivity contribution in [3.63, 3.8) is 0 Å². The predicted octanol–water partition coefficient (Wildman–Crippen LogP) is 4.83. The Bertz CT molecular complexity index is 1500. The molecule has 39 heavy (non-hydrogen) atoms. The maximum Gasteiger partial charge on any atom is 0.573 e. The molecule has 0 aliphatic heterocycles. The lowest BCUT2D eigenvalue weighted by atomic mass is 9.99. The third-order valence-corrected chi connectivity index (χ3v) is 6.15.